The Morgan fingerprint density at radius 1 is 1.33 bits per heavy atom. The van der Waals surface area contributed by atoms with Gasteiger partial charge in [0, 0.05) is 18.2 Å². The van der Waals surface area contributed by atoms with Crippen LogP contribution in [0, 0.1) is 0 Å². The van der Waals surface area contributed by atoms with Gasteiger partial charge >= 0.3 is 5.97 Å². The minimum Gasteiger partial charge on any atom is -0.461 e. The Morgan fingerprint density at radius 3 is 2.52 bits per heavy atom. The van der Waals surface area contributed by atoms with Crippen LogP contribution in [0.25, 0.3) is 0 Å². The molecule has 5 nitrogen and oxygen atoms in total. The van der Waals surface area contributed by atoms with Gasteiger partial charge in [0.05, 0.1) is 6.42 Å². The maximum atomic E-state index is 11.7. The number of rotatable bonds is 5. The lowest BCUT2D eigenvalue weighted by molar-refractivity contribution is -0.141. The van der Waals surface area contributed by atoms with E-state index in [1.54, 1.807) is 0 Å². The van der Waals surface area contributed by atoms with E-state index in [9.17, 15) is 9.59 Å². The average molecular weight is 290 g/mol. The second-order valence-corrected chi connectivity index (χ2v) is 5.78. The molecule has 2 rings (SSSR count). The fraction of sp³-hybridized carbons (Fsp3) is 0.500. The molecule has 0 aromatic heterocycles. The summed E-state index contributed by atoms with van der Waals surface area (Å²) in [5.41, 5.74) is 1.81. The maximum Gasteiger partial charge on any atom is 0.328 e. The molecule has 1 aliphatic heterocycles. The zero-order chi connectivity index (χ0) is 15.4. The number of carbonyl (C=O) groups excluding carboxylic acids is 2. The quantitative estimate of drug-likeness (QED) is 0.812. The van der Waals surface area contributed by atoms with E-state index in [4.69, 9.17) is 4.74 Å². The van der Waals surface area contributed by atoms with Gasteiger partial charge in [0.2, 0.25) is 5.91 Å². The van der Waals surface area contributed by atoms with E-state index in [0.29, 0.717) is 12.8 Å². The Labute approximate surface area is 125 Å². The number of cyclic esters (lactones) is 1. The predicted octanol–water partition coefficient (Wildman–Crippen LogP) is 1.87. The molecule has 114 valence electrons. The van der Waals surface area contributed by atoms with Crippen LogP contribution in [0.4, 0.5) is 5.69 Å². The highest BCUT2D eigenvalue weighted by atomic mass is 16.6. The minimum atomic E-state index is -0.282. The molecule has 1 saturated heterocycles. The van der Waals surface area contributed by atoms with Crippen LogP contribution in [0.5, 0.6) is 0 Å². The standard InChI is InChI=1S/C16H22N2O3/c1-10(2)17-15(19)9-12-4-6-13(7-5-12)18-14-8-11(3)21-16(14)20/h4-7,10-11,14,18H,8-9H2,1-3H3,(H,17,19)/t11-,14-/m0/s1. The first-order valence-electron chi connectivity index (χ1n) is 7.29. The van der Waals surface area contributed by atoms with Crippen molar-refractivity contribution in [2.45, 2.75) is 51.8 Å². The van der Waals surface area contributed by atoms with E-state index in [1.165, 1.54) is 0 Å². The molecule has 2 N–H and O–H groups in total. The van der Waals surface area contributed by atoms with Gasteiger partial charge in [-0.05, 0) is 38.5 Å². The second-order valence-electron chi connectivity index (χ2n) is 5.78. The number of amides is 1. The summed E-state index contributed by atoms with van der Waals surface area (Å²) in [6, 6.07) is 7.42. The summed E-state index contributed by atoms with van der Waals surface area (Å²) in [5.74, 6) is -0.193. The Bertz CT molecular complexity index is 511. The lowest BCUT2D eigenvalue weighted by Gasteiger charge is -2.11. The van der Waals surface area contributed by atoms with Crippen molar-refractivity contribution >= 4 is 17.6 Å². The van der Waals surface area contributed by atoms with Crippen molar-refractivity contribution in [2.75, 3.05) is 5.32 Å². The van der Waals surface area contributed by atoms with Crippen LogP contribution in [0.1, 0.15) is 32.8 Å². The molecule has 5 heteroatoms. The summed E-state index contributed by atoms with van der Waals surface area (Å²) in [6.45, 7) is 5.76. The van der Waals surface area contributed by atoms with Gasteiger partial charge in [-0.1, -0.05) is 12.1 Å². The van der Waals surface area contributed by atoms with Crippen LogP contribution < -0.4 is 10.6 Å². The van der Waals surface area contributed by atoms with Crippen molar-refractivity contribution in [1.82, 2.24) is 5.32 Å². The Kier molecular flexibility index (Phi) is 4.83. The Morgan fingerprint density at radius 2 is 2.00 bits per heavy atom. The summed E-state index contributed by atoms with van der Waals surface area (Å²) in [7, 11) is 0. The lowest BCUT2D eigenvalue weighted by Crippen LogP contribution is -2.31. The number of nitrogens with one attached hydrogen (secondary N) is 2. The van der Waals surface area contributed by atoms with Crippen molar-refractivity contribution in [1.29, 1.82) is 0 Å². The average Bonchev–Trinajstić information content (AvgIpc) is 2.69. The topological polar surface area (TPSA) is 67.4 Å². The number of carbonyl (C=O) groups is 2. The smallest absolute Gasteiger partial charge is 0.328 e. The van der Waals surface area contributed by atoms with Gasteiger partial charge in [0.25, 0.3) is 0 Å². The maximum absolute atomic E-state index is 11.7. The summed E-state index contributed by atoms with van der Waals surface area (Å²) in [6.07, 6.45) is 1.01. The van der Waals surface area contributed by atoms with E-state index in [0.717, 1.165) is 11.3 Å². The van der Waals surface area contributed by atoms with Crippen LogP contribution in [-0.4, -0.2) is 30.1 Å². The zero-order valence-electron chi connectivity index (χ0n) is 12.7. The molecule has 0 radical (unpaired) electrons. The normalized spacial score (nSPS) is 21.2. The van der Waals surface area contributed by atoms with Gasteiger partial charge in [-0.25, -0.2) is 4.79 Å². The molecular formula is C16H22N2O3. The van der Waals surface area contributed by atoms with E-state index < -0.39 is 0 Å². The van der Waals surface area contributed by atoms with E-state index in [1.807, 2.05) is 45.0 Å². The third kappa shape index (κ3) is 4.48. The summed E-state index contributed by atoms with van der Waals surface area (Å²) < 4.78 is 5.10. The molecule has 21 heavy (non-hydrogen) atoms. The van der Waals surface area contributed by atoms with Crippen LogP contribution in [-0.2, 0) is 20.7 Å². The summed E-state index contributed by atoms with van der Waals surface area (Å²) in [5, 5.41) is 6.02. The largest absolute Gasteiger partial charge is 0.461 e. The number of ether oxygens (including phenoxy) is 1. The summed E-state index contributed by atoms with van der Waals surface area (Å²) in [4.78, 5) is 23.2. The second kappa shape index (κ2) is 6.61. The summed E-state index contributed by atoms with van der Waals surface area (Å²) >= 11 is 0. The molecule has 0 bridgehead atoms. The highest BCUT2D eigenvalue weighted by molar-refractivity contribution is 5.81. The van der Waals surface area contributed by atoms with Crippen LogP contribution >= 0.6 is 0 Å². The van der Waals surface area contributed by atoms with Gasteiger partial charge in [0.15, 0.2) is 0 Å². The highest BCUT2D eigenvalue weighted by Crippen LogP contribution is 2.19. The molecule has 0 saturated carbocycles. The molecule has 1 aliphatic rings. The van der Waals surface area contributed by atoms with Crippen molar-refractivity contribution in [3.05, 3.63) is 29.8 Å². The number of anilines is 1. The van der Waals surface area contributed by atoms with E-state index >= 15 is 0 Å². The fourth-order valence-electron chi connectivity index (χ4n) is 2.35. The first-order chi connectivity index (χ1) is 9.94. The molecule has 1 fully saturated rings. The Hall–Kier alpha value is -2.04. The molecule has 2 atom stereocenters. The zero-order valence-corrected chi connectivity index (χ0v) is 12.7. The molecule has 1 amide bonds. The predicted molar refractivity (Wildman–Crippen MR) is 81.0 cm³/mol. The van der Waals surface area contributed by atoms with Crippen LogP contribution in [0.3, 0.4) is 0 Å². The van der Waals surface area contributed by atoms with E-state index in [-0.39, 0.29) is 30.1 Å². The van der Waals surface area contributed by atoms with Gasteiger partial charge in [-0.15, -0.1) is 0 Å². The highest BCUT2D eigenvalue weighted by Gasteiger charge is 2.31. The van der Waals surface area contributed by atoms with Crippen LogP contribution in [0.15, 0.2) is 24.3 Å². The molecule has 1 heterocycles. The number of hydrogen-bond acceptors (Lipinski definition) is 4. The third-order valence-electron chi connectivity index (χ3n) is 3.28. The van der Waals surface area contributed by atoms with Gasteiger partial charge < -0.3 is 15.4 Å². The molecule has 0 spiro atoms. The molecule has 1 aromatic rings. The monoisotopic (exact) mass is 290 g/mol. The number of benzene rings is 1. The molecule has 0 unspecified atom stereocenters. The van der Waals surface area contributed by atoms with Gasteiger partial charge in [-0.2, -0.15) is 0 Å². The SMILES string of the molecule is CC(C)NC(=O)Cc1ccc(N[C@H]2C[C@H](C)OC2=O)cc1. The molecule has 1 aromatic carbocycles. The van der Waals surface area contributed by atoms with Gasteiger partial charge in [0.1, 0.15) is 12.1 Å². The third-order valence-corrected chi connectivity index (χ3v) is 3.28. The van der Waals surface area contributed by atoms with Crippen molar-refractivity contribution < 1.29 is 14.3 Å². The minimum absolute atomic E-state index is 0.0129. The van der Waals surface area contributed by atoms with Gasteiger partial charge in [-0.3, -0.25) is 4.79 Å². The number of hydrogen-bond donors (Lipinski definition) is 2. The molecule has 0 aliphatic carbocycles. The first kappa shape index (κ1) is 15.4. The number of esters is 1. The lowest BCUT2D eigenvalue weighted by atomic mass is 10.1. The Balaban J connectivity index is 1.90. The fourth-order valence-corrected chi connectivity index (χ4v) is 2.35. The first-order valence-corrected chi connectivity index (χ1v) is 7.29. The van der Waals surface area contributed by atoms with Crippen molar-refractivity contribution in [3.63, 3.8) is 0 Å². The van der Waals surface area contributed by atoms with E-state index in [2.05, 4.69) is 10.6 Å². The van der Waals surface area contributed by atoms with Crippen LogP contribution in [0.2, 0.25) is 0 Å². The molecular weight excluding hydrogens is 268 g/mol. The van der Waals surface area contributed by atoms with Crippen molar-refractivity contribution in [2.24, 2.45) is 0 Å². The van der Waals surface area contributed by atoms with Crippen molar-refractivity contribution in [3.8, 4) is 0 Å².